The molecule has 1 amide bonds. The smallest absolute Gasteiger partial charge is 0.287 e. The lowest BCUT2D eigenvalue weighted by Gasteiger charge is -2.41. The standard InChI is InChI=1S/C19H27N3O/c23-19(22-13-9-15-6-1-2-7-16(15)14-22)17-8-5-10-20-18(17)21-11-3-4-12-21/h5,8,10,15-16H,1-4,6-7,9,11-14H2/p+1/t15-,16+/m1/s1. The molecule has 2 atom stereocenters. The Morgan fingerprint density at radius 2 is 1.78 bits per heavy atom. The molecule has 1 N–H and O–H groups in total. The second-order valence-electron chi connectivity index (χ2n) is 7.47. The van der Waals surface area contributed by atoms with Gasteiger partial charge in [-0.2, -0.15) is 0 Å². The number of amides is 1. The third kappa shape index (κ3) is 2.96. The van der Waals surface area contributed by atoms with E-state index in [4.69, 9.17) is 0 Å². The fourth-order valence-corrected chi connectivity index (χ4v) is 4.76. The Balaban J connectivity index is 1.52. The topological polar surface area (TPSA) is 37.7 Å². The fourth-order valence-electron chi connectivity index (χ4n) is 4.76. The van der Waals surface area contributed by atoms with Crippen LogP contribution in [0, 0.1) is 11.8 Å². The van der Waals surface area contributed by atoms with Crippen molar-refractivity contribution in [1.82, 2.24) is 4.90 Å². The zero-order valence-corrected chi connectivity index (χ0v) is 14.0. The Kier molecular flexibility index (Phi) is 4.23. The first-order valence-electron chi connectivity index (χ1n) is 9.38. The number of piperidine rings is 1. The normalized spacial score (nSPS) is 27.8. The van der Waals surface area contributed by atoms with Gasteiger partial charge in [0.2, 0.25) is 0 Å². The van der Waals surface area contributed by atoms with E-state index in [0.717, 1.165) is 49.4 Å². The lowest BCUT2D eigenvalue weighted by atomic mass is 9.75. The molecule has 23 heavy (non-hydrogen) atoms. The van der Waals surface area contributed by atoms with Gasteiger partial charge in [0, 0.05) is 13.1 Å². The average molecular weight is 314 g/mol. The Morgan fingerprint density at radius 1 is 1.00 bits per heavy atom. The Bertz CT molecular complexity index is 567. The minimum absolute atomic E-state index is 0.229. The van der Waals surface area contributed by atoms with E-state index >= 15 is 0 Å². The highest BCUT2D eigenvalue weighted by Crippen LogP contribution is 2.36. The van der Waals surface area contributed by atoms with Crippen LogP contribution in [0.15, 0.2) is 18.3 Å². The van der Waals surface area contributed by atoms with Crippen LogP contribution in [0.1, 0.15) is 55.3 Å². The van der Waals surface area contributed by atoms with Gasteiger partial charge in [0.15, 0.2) is 0 Å². The van der Waals surface area contributed by atoms with Crippen molar-refractivity contribution in [3.63, 3.8) is 0 Å². The first-order chi connectivity index (χ1) is 11.3. The summed E-state index contributed by atoms with van der Waals surface area (Å²) >= 11 is 0. The van der Waals surface area contributed by atoms with Gasteiger partial charge in [-0.1, -0.05) is 19.3 Å². The highest BCUT2D eigenvalue weighted by molar-refractivity contribution is 5.98. The van der Waals surface area contributed by atoms with Gasteiger partial charge in [-0.15, -0.1) is 0 Å². The summed E-state index contributed by atoms with van der Waals surface area (Å²) in [4.78, 5) is 20.9. The summed E-state index contributed by atoms with van der Waals surface area (Å²) in [6, 6.07) is 3.96. The molecule has 1 saturated carbocycles. The number of anilines is 1. The maximum absolute atomic E-state index is 13.1. The molecule has 2 aliphatic heterocycles. The minimum Gasteiger partial charge on any atom is -0.338 e. The molecule has 3 fully saturated rings. The molecule has 4 nitrogen and oxygen atoms in total. The molecule has 1 aromatic rings. The molecule has 0 spiro atoms. The summed E-state index contributed by atoms with van der Waals surface area (Å²) in [5.41, 5.74) is 0.864. The molecule has 1 aromatic heterocycles. The third-order valence-electron chi connectivity index (χ3n) is 6.07. The Labute approximate surface area is 138 Å². The van der Waals surface area contributed by atoms with Gasteiger partial charge in [0.1, 0.15) is 5.56 Å². The van der Waals surface area contributed by atoms with Crippen LogP contribution in [-0.4, -0.2) is 37.0 Å². The van der Waals surface area contributed by atoms with E-state index < -0.39 is 0 Å². The number of hydrogen-bond donors (Lipinski definition) is 0. The van der Waals surface area contributed by atoms with Crippen molar-refractivity contribution in [2.75, 3.05) is 31.1 Å². The molecule has 3 aliphatic rings. The van der Waals surface area contributed by atoms with Crippen molar-refractivity contribution in [1.29, 1.82) is 0 Å². The van der Waals surface area contributed by atoms with Crippen LogP contribution in [0.3, 0.4) is 0 Å². The van der Waals surface area contributed by atoms with Gasteiger partial charge in [-0.05, 0) is 49.7 Å². The molecular formula is C19H28N3O+. The summed E-state index contributed by atoms with van der Waals surface area (Å²) in [5, 5.41) is 0. The van der Waals surface area contributed by atoms with Crippen LogP contribution < -0.4 is 9.88 Å². The number of aromatic amines is 1. The number of fused-ring (bicyclic) bond motifs is 1. The summed E-state index contributed by atoms with van der Waals surface area (Å²) < 4.78 is 0. The van der Waals surface area contributed by atoms with Gasteiger partial charge < -0.3 is 4.90 Å². The van der Waals surface area contributed by atoms with E-state index in [1.165, 1.54) is 44.9 Å². The zero-order chi connectivity index (χ0) is 15.6. The van der Waals surface area contributed by atoms with Crippen molar-refractivity contribution < 1.29 is 9.78 Å². The van der Waals surface area contributed by atoms with E-state index in [0.29, 0.717) is 0 Å². The number of carbonyl (C=O) groups excluding carboxylic acids is 1. The van der Waals surface area contributed by atoms with Crippen LogP contribution in [-0.2, 0) is 0 Å². The zero-order valence-electron chi connectivity index (χ0n) is 14.0. The lowest BCUT2D eigenvalue weighted by molar-refractivity contribution is -0.364. The number of aromatic nitrogens is 1. The SMILES string of the molecule is O=C(c1ccc[nH+]c1N1CCCC1)N1CC[C@H]2CCCC[C@H]2C1. The van der Waals surface area contributed by atoms with E-state index in [1.54, 1.807) is 0 Å². The first kappa shape index (κ1) is 15.0. The van der Waals surface area contributed by atoms with Crippen LogP contribution in [0.2, 0.25) is 0 Å². The molecule has 0 aromatic carbocycles. The summed E-state index contributed by atoms with van der Waals surface area (Å²) in [6.07, 6.45) is 11.0. The van der Waals surface area contributed by atoms with Crippen molar-refractivity contribution in [2.45, 2.75) is 44.9 Å². The monoisotopic (exact) mass is 314 g/mol. The van der Waals surface area contributed by atoms with Gasteiger partial charge in [0.05, 0.1) is 19.3 Å². The molecule has 0 unspecified atom stereocenters. The predicted molar refractivity (Wildman–Crippen MR) is 90.4 cm³/mol. The minimum atomic E-state index is 0.229. The highest BCUT2D eigenvalue weighted by Gasteiger charge is 2.35. The molecule has 0 radical (unpaired) electrons. The first-order valence-corrected chi connectivity index (χ1v) is 9.38. The number of rotatable bonds is 2. The third-order valence-corrected chi connectivity index (χ3v) is 6.07. The number of hydrogen-bond acceptors (Lipinski definition) is 2. The van der Waals surface area contributed by atoms with E-state index in [1.807, 2.05) is 18.3 Å². The van der Waals surface area contributed by atoms with Gasteiger partial charge in [-0.3, -0.25) is 9.69 Å². The molecule has 0 bridgehead atoms. The van der Waals surface area contributed by atoms with Crippen LogP contribution in [0.5, 0.6) is 0 Å². The number of likely N-dealkylation sites (tertiary alicyclic amines) is 1. The quantitative estimate of drug-likeness (QED) is 0.842. The Morgan fingerprint density at radius 3 is 2.61 bits per heavy atom. The van der Waals surface area contributed by atoms with Crippen LogP contribution in [0.25, 0.3) is 0 Å². The second-order valence-corrected chi connectivity index (χ2v) is 7.47. The van der Waals surface area contributed by atoms with Crippen molar-refractivity contribution >= 4 is 11.7 Å². The molecule has 2 saturated heterocycles. The van der Waals surface area contributed by atoms with Gasteiger partial charge in [-0.25, -0.2) is 4.98 Å². The molecular weight excluding hydrogens is 286 g/mol. The predicted octanol–water partition coefficient (Wildman–Crippen LogP) is 2.75. The van der Waals surface area contributed by atoms with Crippen LogP contribution in [0.4, 0.5) is 5.82 Å². The summed E-state index contributed by atoms with van der Waals surface area (Å²) in [7, 11) is 0. The van der Waals surface area contributed by atoms with E-state index in [-0.39, 0.29) is 5.91 Å². The van der Waals surface area contributed by atoms with E-state index in [2.05, 4.69) is 14.8 Å². The lowest BCUT2D eigenvalue weighted by Crippen LogP contribution is -2.45. The number of nitrogens with zero attached hydrogens (tertiary/aromatic N) is 2. The maximum atomic E-state index is 13.1. The molecule has 4 rings (SSSR count). The molecule has 3 heterocycles. The summed E-state index contributed by atoms with van der Waals surface area (Å²) in [5.74, 6) is 2.87. The largest absolute Gasteiger partial charge is 0.338 e. The highest BCUT2D eigenvalue weighted by atomic mass is 16.2. The van der Waals surface area contributed by atoms with Crippen LogP contribution >= 0.6 is 0 Å². The number of nitrogens with one attached hydrogen (secondary N) is 1. The molecule has 4 heteroatoms. The van der Waals surface area contributed by atoms with Crippen molar-refractivity contribution in [3.8, 4) is 0 Å². The maximum Gasteiger partial charge on any atom is 0.287 e. The fraction of sp³-hybridized carbons (Fsp3) is 0.684. The Hall–Kier alpha value is -1.58. The molecule has 1 aliphatic carbocycles. The number of pyridine rings is 1. The van der Waals surface area contributed by atoms with Crippen molar-refractivity contribution in [2.24, 2.45) is 11.8 Å². The molecule has 124 valence electrons. The average Bonchev–Trinajstić information content (AvgIpc) is 3.15. The van der Waals surface area contributed by atoms with Gasteiger partial charge in [0.25, 0.3) is 11.7 Å². The summed E-state index contributed by atoms with van der Waals surface area (Å²) in [6.45, 7) is 4.03. The number of H-pyrrole nitrogens is 1. The number of carbonyl (C=O) groups is 1. The van der Waals surface area contributed by atoms with Crippen molar-refractivity contribution in [3.05, 3.63) is 23.9 Å². The van der Waals surface area contributed by atoms with E-state index in [9.17, 15) is 4.79 Å². The van der Waals surface area contributed by atoms with Gasteiger partial charge >= 0.3 is 0 Å². The second kappa shape index (κ2) is 6.50.